The van der Waals surface area contributed by atoms with Gasteiger partial charge in [-0.15, -0.1) is 0 Å². The molecule has 6 heteroatoms. The molecular formula is C23H28O6. The van der Waals surface area contributed by atoms with E-state index in [1.165, 1.54) is 5.56 Å². The average molecular weight is 400 g/mol. The molecule has 2 aromatic carbocycles. The molecule has 1 aliphatic heterocycles. The van der Waals surface area contributed by atoms with Crippen molar-refractivity contribution in [2.45, 2.75) is 38.3 Å². The number of aliphatic hydroxyl groups excluding tert-OH is 2. The van der Waals surface area contributed by atoms with E-state index in [0.717, 1.165) is 11.1 Å². The summed E-state index contributed by atoms with van der Waals surface area (Å²) in [5, 5.41) is 19.5. The van der Waals surface area contributed by atoms with Crippen LogP contribution in [0.25, 0.3) is 12.2 Å². The van der Waals surface area contributed by atoms with E-state index in [4.69, 9.17) is 18.9 Å². The highest BCUT2D eigenvalue weighted by Gasteiger charge is 2.30. The zero-order chi connectivity index (χ0) is 20.8. The molecule has 3 unspecified atom stereocenters. The number of hydrogen-bond acceptors (Lipinski definition) is 6. The Morgan fingerprint density at radius 1 is 1.07 bits per heavy atom. The minimum atomic E-state index is -0.690. The fourth-order valence-electron chi connectivity index (χ4n) is 3.25. The lowest BCUT2D eigenvalue weighted by Crippen LogP contribution is -2.40. The van der Waals surface area contributed by atoms with E-state index in [1.54, 1.807) is 20.3 Å². The first-order valence-corrected chi connectivity index (χ1v) is 9.64. The van der Waals surface area contributed by atoms with Crippen LogP contribution in [0.1, 0.15) is 29.5 Å². The molecule has 0 bridgehead atoms. The molecule has 0 aliphatic carbocycles. The Kier molecular flexibility index (Phi) is 7.14. The zero-order valence-corrected chi connectivity index (χ0v) is 17.0. The highest BCUT2D eigenvalue weighted by Crippen LogP contribution is 2.39. The van der Waals surface area contributed by atoms with Crippen molar-refractivity contribution in [1.29, 1.82) is 0 Å². The van der Waals surface area contributed by atoms with Crippen LogP contribution in [-0.2, 0) is 4.74 Å². The summed E-state index contributed by atoms with van der Waals surface area (Å²) in [6.45, 7) is 1.88. The first kappa shape index (κ1) is 21.2. The minimum absolute atomic E-state index is 0.170. The van der Waals surface area contributed by atoms with E-state index < -0.39 is 18.5 Å². The van der Waals surface area contributed by atoms with Crippen LogP contribution in [0.15, 0.2) is 36.4 Å². The topological polar surface area (TPSA) is 77.4 Å². The van der Waals surface area contributed by atoms with Crippen LogP contribution in [0.3, 0.4) is 0 Å². The molecule has 3 atom stereocenters. The van der Waals surface area contributed by atoms with Crippen LogP contribution < -0.4 is 14.2 Å². The summed E-state index contributed by atoms with van der Waals surface area (Å²) in [6.07, 6.45) is 2.86. The summed E-state index contributed by atoms with van der Waals surface area (Å²) in [5.41, 5.74) is 3.00. The lowest BCUT2D eigenvalue weighted by Gasteiger charge is -2.32. The molecule has 156 valence electrons. The molecule has 6 nitrogen and oxygen atoms in total. The number of methoxy groups -OCH3 is 2. The SMILES string of the molecule is COc1cc(/C=C/c2ccc(C)cc2)c(OC2CC(O)CC(CO)O2)c(OC)c1. The van der Waals surface area contributed by atoms with E-state index in [-0.39, 0.29) is 6.61 Å². The van der Waals surface area contributed by atoms with Crippen LogP contribution >= 0.6 is 0 Å². The predicted octanol–water partition coefficient (Wildman–Crippen LogP) is 3.42. The Morgan fingerprint density at radius 3 is 2.48 bits per heavy atom. The third-order valence-corrected chi connectivity index (χ3v) is 4.84. The van der Waals surface area contributed by atoms with Gasteiger partial charge >= 0.3 is 0 Å². The van der Waals surface area contributed by atoms with Crippen molar-refractivity contribution >= 4 is 12.2 Å². The standard InChI is InChI=1S/C23H28O6/c1-15-4-6-16(7-5-15)8-9-17-10-19(26-2)13-21(27-3)23(17)29-22-12-18(25)11-20(14-24)28-22/h4-10,13,18,20,22,24-25H,11-12,14H2,1-3H3/b9-8+. The summed E-state index contributed by atoms with van der Waals surface area (Å²) in [4.78, 5) is 0. The second kappa shape index (κ2) is 9.78. The van der Waals surface area contributed by atoms with Gasteiger partial charge in [0, 0.05) is 24.5 Å². The smallest absolute Gasteiger partial charge is 0.202 e. The summed E-state index contributed by atoms with van der Waals surface area (Å²) in [6, 6.07) is 11.8. The molecule has 2 aromatic rings. The van der Waals surface area contributed by atoms with Gasteiger partial charge in [0.2, 0.25) is 6.29 Å². The first-order chi connectivity index (χ1) is 14.0. The fraction of sp³-hybridized carbons (Fsp3) is 0.391. The number of ether oxygens (including phenoxy) is 4. The number of aliphatic hydroxyl groups is 2. The molecule has 0 aromatic heterocycles. The number of aryl methyl sites for hydroxylation is 1. The molecule has 0 radical (unpaired) electrons. The summed E-state index contributed by atoms with van der Waals surface area (Å²) < 4.78 is 22.7. The molecule has 2 N–H and O–H groups in total. The molecule has 1 heterocycles. The predicted molar refractivity (Wildman–Crippen MR) is 111 cm³/mol. The Morgan fingerprint density at radius 2 is 1.83 bits per heavy atom. The first-order valence-electron chi connectivity index (χ1n) is 9.64. The summed E-state index contributed by atoms with van der Waals surface area (Å²) >= 11 is 0. The van der Waals surface area contributed by atoms with Gasteiger partial charge in [0.25, 0.3) is 0 Å². The molecule has 29 heavy (non-hydrogen) atoms. The average Bonchev–Trinajstić information content (AvgIpc) is 2.73. The molecule has 1 aliphatic rings. The minimum Gasteiger partial charge on any atom is -0.497 e. The van der Waals surface area contributed by atoms with Gasteiger partial charge in [-0.1, -0.05) is 42.0 Å². The normalized spacial score (nSPS) is 21.9. The number of benzene rings is 2. The van der Waals surface area contributed by atoms with Gasteiger partial charge in [0.15, 0.2) is 11.5 Å². The molecule has 3 rings (SSSR count). The van der Waals surface area contributed by atoms with Crippen LogP contribution in [0.4, 0.5) is 0 Å². The molecule has 1 saturated heterocycles. The Bertz CT molecular complexity index is 830. The van der Waals surface area contributed by atoms with Gasteiger partial charge in [-0.3, -0.25) is 0 Å². The molecule has 1 fully saturated rings. The third-order valence-electron chi connectivity index (χ3n) is 4.84. The largest absolute Gasteiger partial charge is 0.497 e. The highest BCUT2D eigenvalue weighted by atomic mass is 16.7. The lowest BCUT2D eigenvalue weighted by molar-refractivity contribution is -0.185. The van der Waals surface area contributed by atoms with Crippen molar-refractivity contribution in [3.63, 3.8) is 0 Å². The van der Waals surface area contributed by atoms with Gasteiger partial charge in [0.05, 0.1) is 33.0 Å². The van der Waals surface area contributed by atoms with Gasteiger partial charge in [-0.25, -0.2) is 0 Å². The van der Waals surface area contributed by atoms with Gasteiger partial charge in [-0.2, -0.15) is 0 Å². The van der Waals surface area contributed by atoms with Crippen molar-refractivity contribution in [2.24, 2.45) is 0 Å². The van der Waals surface area contributed by atoms with Crippen LogP contribution in [0, 0.1) is 6.92 Å². The van der Waals surface area contributed by atoms with Crippen molar-refractivity contribution in [2.75, 3.05) is 20.8 Å². The molecule has 0 amide bonds. The van der Waals surface area contributed by atoms with Gasteiger partial charge < -0.3 is 29.2 Å². The number of hydrogen-bond donors (Lipinski definition) is 2. The molecular weight excluding hydrogens is 372 g/mol. The maximum absolute atomic E-state index is 10.1. The second-order valence-corrected chi connectivity index (χ2v) is 7.11. The quantitative estimate of drug-likeness (QED) is 0.694. The summed E-state index contributed by atoms with van der Waals surface area (Å²) in [5.74, 6) is 1.63. The van der Waals surface area contributed by atoms with E-state index in [0.29, 0.717) is 30.1 Å². The van der Waals surface area contributed by atoms with E-state index >= 15 is 0 Å². The number of rotatable bonds is 7. The Balaban J connectivity index is 1.92. The maximum atomic E-state index is 10.1. The van der Waals surface area contributed by atoms with Crippen molar-refractivity contribution in [1.82, 2.24) is 0 Å². The second-order valence-electron chi connectivity index (χ2n) is 7.11. The van der Waals surface area contributed by atoms with Gasteiger partial charge in [-0.05, 0) is 18.6 Å². The van der Waals surface area contributed by atoms with Crippen LogP contribution in [0.5, 0.6) is 17.2 Å². The zero-order valence-electron chi connectivity index (χ0n) is 17.0. The lowest BCUT2D eigenvalue weighted by atomic mass is 10.1. The van der Waals surface area contributed by atoms with Crippen LogP contribution in [-0.4, -0.2) is 49.5 Å². The van der Waals surface area contributed by atoms with Crippen molar-refractivity contribution < 1.29 is 29.2 Å². The van der Waals surface area contributed by atoms with Crippen LogP contribution in [0.2, 0.25) is 0 Å². The Hall–Kier alpha value is -2.54. The Labute approximate surface area is 171 Å². The monoisotopic (exact) mass is 400 g/mol. The van der Waals surface area contributed by atoms with E-state index in [9.17, 15) is 10.2 Å². The van der Waals surface area contributed by atoms with E-state index in [1.807, 2.05) is 37.3 Å². The van der Waals surface area contributed by atoms with E-state index in [2.05, 4.69) is 12.1 Å². The van der Waals surface area contributed by atoms with Crippen molar-refractivity contribution in [3.05, 3.63) is 53.1 Å². The summed E-state index contributed by atoms with van der Waals surface area (Å²) in [7, 11) is 3.15. The highest BCUT2D eigenvalue weighted by molar-refractivity contribution is 5.75. The third kappa shape index (κ3) is 5.50. The maximum Gasteiger partial charge on any atom is 0.202 e. The van der Waals surface area contributed by atoms with Gasteiger partial charge in [0.1, 0.15) is 5.75 Å². The molecule has 0 saturated carbocycles. The molecule has 0 spiro atoms. The van der Waals surface area contributed by atoms with Crippen molar-refractivity contribution in [3.8, 4) is 17.2 Å². The fourth-order valence-corrected chi connectivity index (χ4v) is 3.25.